The van der Waals surface area contributed by atoms with Gasteiger partial charge in [-0.25, -0.2) is 0 Å². The predicted molar refractivity (Wildman–Crippen MR) is 74.1 cm³/mol. The Morgan fingerprint density at radius 3 is 2.24 bits per heavy atom. The molecule has 0 spiro atoms. The second-order valence-electron chi connectivity index (χ2n) is 5.08. The van der Waals surface area contributed by atoms with Crippen LogP contribution < -0.4 is 15.4 Å². The fourth-order valence-electron chi connectivity index (χ4n) is 1.53. The maximum Gasteiger partial charge on any atom is 0.573 e. The lowest BCUT2D eigenvalue weighted by molar-refractivity contribution is -0.274. The molecule has 0 radical (unpaired) electrons. The molecule has 0 aliphatic heterocycles. The topological polar surface area (TPSA) is 50.4 Å². The molecule has 1 rings (SSSR count). The molecule has 7 heteroatoms. The number of carbonyl (C=O) groups is 1. The van der Waals surface area contributed by atoms with E-state index in [1.54, 1.807) is 6.92 Å². The van der Waals surface area contributed by atoms with Crippen molar-refractivity contribution in [3.63, 3.8) is 0 Å². The molecule has 0 fully saturated rings. The molecule has 0 aromatic heterocycles. The van der Waals surface area contributed by atoms with Crippen molar-refractivity contribution in [2.24, 2.45) is 5.92 Å². The zero-order valence-corrected chi connectivity index (χ0v) is 12.1. The summed E-state index contributed by atoms with van der Waals surface area (Å²) in [6.07, 6.45) is -4.71. The minimum absolute atomic E-state index is 0.167. The minimum Gasteiger partial charge on any atom is -0.406 e. The Bertz CT molecular complexity index is 458. The van der Waals surface area contributed by atoms with Gasteiger partial charge in [-0.15, -0.1) is 13.2 Å². The van der Waals surface area contributed by atoms with Gasteiger partial charge in [0.25, 0.3) is 0 Å². The van der Waals surface area contributed by atoms with Crippen LogP contribution in [0.3, 0.4) is 0 Å². The molecular weight excluding hydrogens is 285 g/mol. The Hall–Kier alpha value is -1.92. The largest absolute Gasteiger partial charge is 0.573 e. The molecule has 0 saturated heterocycles. The zero-order chi connectivity index (χ0) is 16.0. The van der Waals surface area contributed by atoms with Crippen molar-refractivity contribution in [1.29, 1.82) is 0 Å². The van der Waals surface area contributed by atoms with E-state index < -0.39 is 12.4 Å². The van der Waals surface area contributed by atoms with Gasteiger partial charge in [-0.1, -0.05) is 13.8 Å². The monoisotopic (exact) mass is 304 g/mol. The normalized spacial score (nSPS) is 12.9. The summed E-state index contributed by atoms with van der Waals surface area (Å²) in [7, 11) is 0. The number of hydrogen-bond donors (Lipinski definition) is 2. The highest BCUT2D eigenvalue weighted by Crippen LogP contribution is 2.24. The minimum atomic E-state index is -4.71. The number of rotatable bonds is 6. The second kappa shape index (κ2) is 7.19. The fourth-order valence-corrected chi connectivity index (χ4v) is 1.53. The molecule has 0 heterocycles. The summed E-state index contributed by atoms with van der Waals surface area (Å²) in [6, 6.07) is 4.74. The fraction of sp³-hybridized carbons (Fsp3) is 0.500. The molecule has 0 saturated carbocycles. The van der Waals surface area contributed by atoms with Gasteiger partial charge in [-0.2, -0.15) is 0 Å². The first kappa shape index (κ1) is 17.1. The van der Waals surface area contributed by atoms with Crippen LogP contribution in [0.15, 0.2) is 24.3 Å². The van der Waals surface area contributed by atoms with Crippen molar-refractivity contribution in [2.45, 2.75) is 33.2 Å². The highest BCUT2D eigenvalue weighted by Gasteiger charge is 2.30. The van der Waals surface area contributed by atoms with Gasteiger partial charge in [-0.3, -0.25) is 4.79 Å². The summed E-state index contributed by atoms with van der Waals surface area (Å²) in [6.45, 7) is 6.22. The number of ether oxygens (including phenoxy) is 1. The highest BCUT2D eigenvalue weighted by atomic mass is 19.4. The van der Waals surface area contributed by atoms with Gasteiger partial charge >= 0.3 is 6.36 Å². The van der Waals surface area contributed by atoms with Crippen LogP contribution in [0.5, 0.6) is 5.75 Å². The van der Waals surface area contributed by atoms with Crippen LogP contribution in [-0.4, -0.2) is 24.9 Å². The standard InChI is InChI=1S/C14H19F3N2O2/c1-9(2)8-18-13(20)10(3)19-11-4-6-12(7-5-11)21-14(15,16)17/h4-7,9-10,19H,8H2,1-3H3,(H,18,20). The smallest absolute Gasteiger partial charge is 0.406 e. The third kappa shape index (κ3) is 6.87. The summed E-state index contributed by atoms with van der Waals surface area (Å²) in [4.78, 5) is 11.8. The van der Waals surface area contributed by atoms with Crippen LogP contribution in [0.1, 0.15) is 20.8 Å². The van der Waals surface area contributed by atoms with Crippen LogP contribution in [0.25, 0.3) is 0 Å². The number of anilines is 1. The lowest BCUT2D eigenvalue weighted by Gasteiger charge is -2.16. The predicted octanol–water partition coefficient (Wildman–Crippen LogP) is 3.16. The van der Waals surface area contributed by atoms with Crippen molar-refractivity contribution in [1.82, 2.24) is 5.32 Å². The van der Waals surface area contributed by atoms with E-state index in [0.717, 1.165) is 0 Å². The number of halogens is 3. The molecule has 2 N–H and O–H groups in total. The SMILES string of the molecule is CC(C)CNC(=O)C(C)Nc1ccc(OC(F)(F)F)cc1. The molecule has 1 amide bonds. The maximum absolute atomic E-state index is 12.0. The summed E-state index contributed by atoms with van der Waals surface area (Å²) >= 11 is 0. The first-order valence-corrected chi connectivity index (χ1v) is 6.57. The van der Waals surface area contributed by atoms with Crippen molar-refractivity contribution < 1.29 is 22.7 Å². The Kier molecular flexibility index (Phi) is 5.87. The number of alkyl halides is 3. The second-order valence-corrected chi connectivity index (χ2v) is 5.08. The lowest BCUT2D eigenvalue weighted by Crippen LogP contribution is -2.39. The summed E-state index contributed by atoms with van der Waals surface area (Å²) < 4.78 is 39.8. The van der Waals surface area contributed by atoms with E-state index in [9.17, 15) is 18.0 Å². The zero-order valence-electron chi connectivity index (χ0n) is 12.1. The number of carbonyl (C=O) groups excluding carboxylic acids is 1. The van der Waals surface area contributed by atoms with Gasteiger partial charge in [0.1, 0.15) is 11.8 Å². The molecule has 0 aliphatic rings. The van der Waals surface area contributed by atoms with Gasteiger partial charge in [0, 0.05) is 12.2 Å². The van der Waals surface area contributed by atoms with E-state index in [-0.39, 0.29) is 11.7 Å². The Labute approximate surface area is 121 Å². The first-order chi connectivity index (χ1) is 9.67. The van der Waals surface area contributed by atoms with Crippen molar-refractivity contribution in [3.8, 4) is 5.75 Å². The average Bonchev–Trinajstić information content (AvgIpc) is 2.36. The molecular formula is C14H19F3N2O2. The number of nitrogens with one attached hydrogen (secondary N) is 2. The summed E-state index contributed by atoms with van der Waals surface area (Å²) in [5.74, 6) is -0.121. The molecule has 0 bridgehead atoms. The van der Waals surface area contributed by atoms with Gasteiger partial charge in [-0.05, 0) is 37.1 Å². The van der Waals surface area contributed by atoms with E-state index in [4.69, 9.17) is 0 Å². The van der Waals surface area contributed by atoms with Gasteiger partial charge in [0.2, 0.25) is 5.91 Å². The van der Waals surface area contributed by atoms with Crippen LogP contribution in [-0.2, 0) is 4.79 Å². The Morgan fingerprint density at radius 1 is 1.19 bits per heavy atom. The maximum atomic E-state index is 12.0. The van der Waals surface area contributed by atoms with Crippen LogP contribution >= 0.6 is 0 Å². The first-order valence-electron chi connectivity index (χ1n) is 6.57. The van der Waals surface area contributed by atoms with Crippen LogP contribution in [0, 0.1) is 5.92 Å². The quantitative estimate of drug-likeness (QED) is 0.849. The third-order valence-electron chi connectivity index (χ3n) is 2.55. The molecule has 4 nitrogen and oxygen atoms in total. The molecule has 1 unspecified atom stereocenters. The molecule has 118 valence electrons. The third-order valence-corrected chi connectivity index (χ3v) is 2.55. The van der Waals surface area contributed by atoms with E-state index in [2.05, 4.69) is 15.4 Å². The number of benzene rings is 1. The lowest BCUT2D eigenvalue weighted by atomic mass is 10.2. The molecule has 21 heavy (non-hydrogen) atoms. The van der Waals surface area contributed by atoms with E-state index in [1.807, 2.05) is 13.8 Å². The average molecular weight is 304 g/mol. The Morgan fingerprint density at radius 2 is 1.76 bits per heavy atom. The van der Waals surface area contributed by atoms with Gasteiger partial charge in [0.05, 0.1) is 0 Å². The van der Waals surface area contributed by atoms with E-state index in [0.29, 0.717) is 18.2 Å². The van der Waals surface area contributed by atoms with E-state index in [1.165, 1.54) is 24.3 Å². The van der Waals surface area contributed by atoms with Crippen LogP contribution in [0.4, 0.5) is 18.9 Å². The molecule has 0 aliphatic carbocycles. The molecule has 1 aromatic rings. The van der Waals surface area contributed by atoms with E-state index >= 15 is 0 Å². The summed E-state index contributed by atoms with van der Waals surface area (Å²) in [5, 5.41) is 5.68. The van der Waals surface area contributed by atoms with Crippen molar-refractivity contribution in [2.75, 3.05) is 11.9 Å². The van der Waals surface area contributed by atoms with Crippen molar-refractivity contribution >= 4 is 11.6 Å². The number of amides is 1. The molecule has 1 atom stereocenters. The summed E-state index contributed by atoms with van der Waals surface area (Å²) in [5.41, 5.74) is 0.539. The Balaban J connectivity index is 2.53. The highest BCUT2D eigenvalue weighted by molar-refractivity contribution is 5.84. The van der Waals surface area contributed by atoms with Crippen molar-refractivity contribution in [3.05, 3.63) is 24.3 Å². The van der Waals surface area contributed by atoms with Gasteiger partial charge in [0.15, 0.2) is 0 Å². The van der Waals surface area contributed by atoms with Crippen LogP contribution in [0.2, 0.25) is 0 Å². The number of hydrogen-bond acceptors (Lipinski definition) is 3. The van der Waals surface area contributed by atoms with Gasteiger partial charge < -0.3 is 15.4 Å². The molecule has 1 aromatic carbocycles.